The maximum Gasteiger partial charge on any atom is 0.405 e. The van der Waals surface area contributed by atoms with Crippen LogP contribution in [0.3, 0.4) is 0 Å². The second-order valence-electron chi connectivity index (χ2n) is 2.42. The van der Waals surface area contributed by atoms with Gasteiger partial charge in [0.05, 0.1) is 6.61 Å². The summed E-state index contributed by atoms with van der Waals surface area (Å²) in [5.74, 6) is 0. The molecule has 7 heteroatoms. The quantitative estimate of drug-likeness (QED) is 0.667. The largest absolute Gasteiger partial charge is 0.405 e. The number of carbonyl (C=O) groups excluding carboxylic acids is 1. The van der Waals surface area contributed by atoms with Gasteiger partial charge in [-0.3, -0.25) is 0 Å². The molecule has 0 radical (unpaired) electrons. The molecule has 0 aromatic heterocycles. The van der Waals surface area contributed by atoms with Gasteiger partial charge in [-0.25, -0.2) is 4.79 Å². The van der Waals surface area contributed by atoms with E-state index in [4.69, 9.17) is 4.74 Å². The van der Waals surface area contributed by atoms with Crippen LogP contribution in [0.4, 0.5) is 18.0 Å². The summed E-state index contributed by atoms with van der Waals surface area (Å²) in [4.78, 5) is 10.7. The van der Waals surface area contributed by atoms with E-state index < -0.39 is 18.8 Å². The second kappa shape index (κ2) is 6.47. The fraction of sp³-hybridized carbons (Fsp3) is 0.857. The first-order chi connectivity index (χ1) is 6.45. The van der Waals surface area contributed by atoms with Crippen molar-refractivity contribution < 1.29 is 22.7 Å². The van der Waals surface area contributed by atoms with Crippen LogP contribution >= 0.6 is 0 Å². The van der Waals surface area contributed by atoms with Crippen LogP contribution in [-0.2, 0) is 4.74 Å². The number of halogens is 3. The monoisotopic (exact) mass is 214 g/mol. The highest BCUT2D eigenvalue weighted by atomic mass is 19.4. The van der Waals surface area contributed by atoms with Crippen LogP contribution < -0.4 is 10.6 Å². The molecule has 0 saturated carbocycles. The summed E-state index contributed by atoms with van der Waals surface area (Å²) in [6, 6.07) is -0.845. The van der Waals surface area contributed by atoms with Crippen LogP contribution in [0.1, 0.15) is 6.92 Å². The van der Waals surface area contributed by atoms with Crippen molar-refractivity contribution in [2.75, 3.05) is 26.3 Å². The van der Waals surface area contributed by atoms with Gasteiger partial charge in [-0.2, -0.15) is 13.2 Å². The van der Waals surface area contributed by atoms with Gasteiger partial charge in [-0.1, -0.05) is 0 Å². The third kappa shape index (κ3) is 9.11. The summed E-state index contributed by atoms with van der Waals surface area (Å²) in [6.07, 6.45) is -4.38. The summed E-state index contributed by atoms with van der Waals surface area (Å²) in [7, 11) is 0. The van der Waals surface area contributed by atoms with Crippen molar-refractivity contribution in [1.29, 1.82) is 0 Å². The van der Waals surface area contributed by atoms with Gasteiger partial charge < -0.3 is 15.4 Å². The van der Waals surface area contributed by atoms with Crippen molar-refractivity contribution in [2.45, 2.75) is 13.1 Å². The molecule has 14 heavy (non-hydrogen) atoms. The van der Waals surface area contributed by atoms with Crippen LogP contribution in [0.15, 0.2) is 0 Å². The number of nitrogens with one attached hydrogen (secondary N) is 2. The molecule has 0 aliphatic rings. The standard InChI is InChI=1S/C7H13F3N2O2/c1-2-14-4-3-11-6(13)12-5-7(8,9)10/h2-5H2,1H3,(H2,11,12,13). The minimum atomic E-state index is -4.38. The number of urea groups is 1. The van der Waals surface area contributed by atoms with Gasteiger partial charge in [0.25, 0.3) is 0 Å². The molecule has 0 rings (SSSR count). The van der Waals surface area contributed by atoms with Crippen molar-refractivity contribution in [3.63, 3.8) is 0 Å². The Balaban J connectivity index is 3.38. The van der Waals surface area contributed by atoms with E-state index in [1.165, 1.54) is 0 Å². The lowest BCUT2D eigenvalue weighted by Crippen LogP contribution is -2.41. The smallest absolute Gasteiger partial charge is 0.380 e. The fourth-order valence-electron chi connectivity index (χ4n) is 0.624. The zero-order chi connectivity index (χ0) is 11.0. The average Bonchev–Trinajstić information content (AvgIpc) is 2.08. The van der Waals surface area contributed by atoms with E-state index in [1.807, 2.05) is 0 Å². The molecule has 0 atom stereocenters. The van der Waals surface area contributed by atoms with Crippen LogP contribution in [0.2, 0.25) is 0 Å². The van der Waals surface area contributed by atoms with Crippen LogP contribution in [0.25, 0.3) is 0 Å². The molecular weight excluding hydrogens is 201 g/mol. The lowest BCUT2D eigenvalue weighted by molar-refractivity contribution is -0.122. The van der Waals surface area contributed by atoms with Crippen molar-refractivity contribution >= 4 is 6.03 Å². The second-order valence-corrected chi connectivity index (χ2v) is 2.42. The van der Waals surface area contributed by atoms with Crippen molar-refractivity contribution in [3.8, 4) is 0 Å². The molecule has 0 spiro atoms. The summed E-state index contributed by atoms with van der Waals surface area (Å²) in [6.45, 7) is 1.44. The lowest BCUT2D eigenvalue weighted by atomic mass is 10.6. The van der Waals surface area contributed by atoms with Crippen LogP contribution in [-0.4, -0.2) is 38.5 Å². The molecule has 0 unspecified atom stereocenters. The first-order valence-corrected chi connectivity index (χ1v) is 4.12. The van der Waals surface area contributed by atoms with E-state index in [-0.39, 0.29) is 13.2 Å². The Morgan fingerprint density at radius 2 is 2.00 bits per heavy atom. The van der Waals surface area contributed by atoms with Gasteiger partial charge in [0.2, 0.25) is 0 Å². The van der Waals surface area contributed by atoms with Gasteiger partial charge in [0.1, 0.15) is 6.54 Å². The highest BCUT2D eigenvalue weighted by molar-refractivity contribution is 5.73. The van der Waals surface area contributed by atoms with Gasteiger partial charge in [0.15, 0.2) is 0 Å². The highest BCUT2D eigenvalue weighted by Crippen LogP contribution is 2.11. The Hall–Kier alpha value is -0.980. The summed E-state index contributed by atoms with van der Waals surface area (Å²) in [5, 5.41) is 3.88. The molecular formula is C7H13F3N2O2. The Kier molecular flexibility index (Phi) is 6.02. The Morgan fingerprint density at radius 1 is 1.36 bits per heavy atom. The third-order valence-electron chi connectivity index (χ3n) is 1.19. The van der Waals surface area contributed by atoms with Crippen molar-refractivity contribution in [3.05, 3.63) is 0 Å². The predicted molar refractivity (Wildman–Crippen MR) is 43.9 cm³/mol. The number of amides is 2. The number of hydrogen-bond acceptors (Lipinski definition) is 2. The Bertz CT molecular complexity index is 173. The van der Waals surface area contributed by atoms with E-state index in [0.29, 0.717) is 6.61 Å². The van der Waals surface area contributed by atoms with Gasteiger partial charge >= 0.3 is 12.2 Å². The number of alkyl halides is 3. The lowest BCUT2D eigenvalue weighted by Gasteiger charge is -2.09. The Morgan fingerprint density at radius 3 is 2.50 bits per heavy atom. The van der Waals surface area contributed by atoms with Crippen molar-refractivity contribution in [2.24, 2.45) is 0 Å². The normalized spacial score (nSPS) is 11.1. The molecule has 2 amide bonds. The summed E-state index contributed by atoms with van der Waals surface area (Å²) in [5.41, 5.74) is 0. The number of carbonyl (C=O) groups is 1. The van der Waals surface area contributed by atoms with Gasteiger partial charge in [-0.05, 0) is 6.92 Å². The zero-order valence-electron chi connectivity index (χ0n) is 7.78. The molecule has 0 aromatic carbocycles. The molecule has 0 aliphatic heterocycles. The van der Waals surface area contributed by atoms with E-state index in [9.17, 15) is 18.0 Å². The van der Waals surface area contributed by atoms with Crippen LogP contribution in [0.5, 0.6) is 0 Å². The fourth-order valence-corrected chi connectivity index (χ4v) is 0.624. The van der Waals surface area contributed by atoms with Gasteiger partial charge in [-0.15, -0.1) is 0 Å². The number of ether oxygens (including phenoxy) is 1. The molecule has 0 saturated heterocycles. The van der Waals surface area contributed by atoms with Gasteiger partial charge in [0, 0.05) is 13.2 Å². The van der Waals surface area contributed by atoms with E-state index in [0.717, 1.165) is 0 Å². The minimum absolute atomic E-state index is 0.192. The number of rotatable bonds is 5. The van der Waals surface area contributed by atoms with E-state index in [1.54, 1.807) is 12.2 Å². The average molecular weight is 214 g/mol. The van der Waals surface area contributed by atoms with E-state index in [2.05, 4.69) is 5.32 Å². The first kappa shape index (κ1) is 13.0. The zero-order valence-corrected chi connectivity index (χ0v) is 7.78. The SMILES string of the molecule is CCOCCNC(=O)NCC(F)(F)F. The topological polar surface area (TPSA) is 50.4 Å². The van der Waals surface area contributed by atoms with Crippen molar-refractivity contribution in [1.82, 2.24) is 10.6 Å². The van der Waals surface area contributed by atoms with E-state index >= 15 is 0 Å². The Labute approximate surface area is 79.8 Å². The first-order valence-electron chi connectivity index (χ1n) is 4.12. The molecule has 0 fully saturated rings. The maximum absolute atomic E-state index is 11.6. The summed E-state index contributed by atoms with van der Waals surface area (Å²) < 4.78 is 39.6. The molecule has 0 aromatic rings. The number of hydrogen-bond donors (Lipinski definition) is 2. The minimum Gasteiger partial charge on any atom is -0.380 e. The van der Waals surface area contributed by atoms with Crippen LogP contribution in [0, 0.1) is 0 Å². The maximum atomic E-state index is 11.6. The predicted octanol–water partition coefficient (Wildman–Crippen LogP) is 0.884. The highest BCUT2D eigenvalue weighted by Gasteiger charge is 2.27. The molecule has 4 nitrogen and oxygen atoms in total. The molecule has 84 valence electrons. The molecule has 0 aliphatic carbocycles. The third-order valence-corrected chi connectivity index (χ3v) is 1.19. The molecule has 0 heterocycles. The molecule has 0 bridgehead atoms. The molecule has 2 N–H and O–H groups in total. The summed E-state index contributed by atoms with van der Waals surface area (Å²) >= 11 is 0.